The molecule has 2 aromatic heterocycles. The van der Waals surface area contributed by atoms with E-state index < -0.39 is 0 Å². The monoisotopic (exact) mass is 837 g/mol. The summed E-state index contributed by atoms with van der Waals surface area (Å²) in [7, 11) is 0. The molecule has 2 heterocycles. The molecule has 5 heteroatoms. The summed E-state index contributed by atoms with van der Waals surface area (Å²) < 4.78 is 1.23. The van der Waals surface area contributed by atoms with Crippen LogP contribution in [0, 0.1) is 37.7 Å². The maximum atomic E-state index is 12.2. The fourth-order valence-corrected chi connectivity index (χ4v) is 7.08. The zero-order chi connectivity index (χ0) is 34.4. The standard InChI is InChI=1S/C28H22NS.C15H28O2.Ir/c1-18-15-19(2)17-24(16-18)26-28-25(13-14-29-26)20(3)27(30-28)23-11-9-22(10-12-23)21-7-5-4-6-8-21;1-7-14(5,8-2)12(16)11-13(17)15(6,9-3)10-4;/h4-16H,1-3H3;11,16H,7-10H2,1-6H3;/q-1;;/b;12-11-;. The number of allylic oxidation sites excluding steroid dienone is 2. The molecule has 0 saturated carbocycles. The number of carbonyl (C=O) groups excluding carboxylic acids is 1. The van der Waals surface area contributed by atoms with Crippen LogP contribution in [0.3, 0.4) is 0 Å². The van der Waals surface area contributed by atoms with Crippen molar-refractivity contribution in [1.29, 1.82) is 0 Å². The van der Waals surface area contributed by atoms with Gasteiger partial charge in [0.15, 0.2) is 5.78 Å². The Morgan fingerprint density at radius 3 is 1.94 bits per heavy atom. The summed E-state index contributed by atoms with van der Waals surface area (Å²) in [4.78, 5) is 18.2. The van der Waals surface area contributed by atoms with Gasteiger partial charge in [0, 0.05) is 58.5 Å². The summed E-state index contributed by atoms with van der Waals surface area (Å²) in [6.07, 6.45) is 6.68. The van der Waals surface area contributed by atoms with E-state index in [9.17, 15) is 9.90 Å². The van der Waals surface area contributed by atoms with Gasteiger partial charge in [0.25, 0.3) is 0 Å². The molecule has 0 fully saturated rings. The zero-order valence-corrected chi connectivity index (χ0v) is 33.2. The second-order valence-corrected chi connectivity index (χ2v) is 14.2. The first-order valence-corrected chi connectivity index (χ1v) is 17.7. The van der Waals surface area contributed by atoms with E-state index in [1.54, 1.807) is 0 Å². The van der Waals surface area contributed by atoms with Gasteiger partial charge in [-0.1, -0.05) is 110 Å². The molecule has 1 N–H and O–H groups in total. The van der Waals surface area contributed by atoms with Crippen molar-refractivity contribution in [1.82, 2.24) is 4.98 Å². The Hall–Kier alpha value is -3.37. The maximum absolute atomic E-state index is 12.2. The van der Waals surface area contributed by atoms with Gasteiger partial charge in [-0.2, -0.15) is 0 Å². The van der Waals surface area contributed by atoms with Crippen LogP contribution in [-0.4, -0.2) is 15.9 Å². The molecule has 255 valence electrons. The van der Waals surface area contributed by atoms with Crippen LogP contribution in [0.5, 0.6) is 0 Å². The minimum atomic E-state index is -0.337. The number of pyridine rings is 1. The molecule has 0 bridgehead atoms. The first-order chi connectivity index (χ1) is 22.4. The van der Waals surface area contributed by atoms with Crippen LogP contribution in [0.25, 0.3) is 42.9 Å². The van der Waals surface area contributed by atoms with E-state index in [2.05, 4.69) is 99.6 Å². The Morgan fingerprint density at radius 2 is 1.38 bits per heavy atom. The summed E-state index contributed by atoms with van der Waals surface area (Å²) in [6.45, 7) is 18.5. The fraction of sp³-hybridized carbons (Fsp3) is 0.349. The Kier molecular flexibility index (Phi) is 13.7. The van der Waals surface area contributed by atoms with E-state index in [1.807, 2.05) is 59.1 Å². The molecular formula is C43H50IrNO2S-. The van der Waals surface area contributed by atoms with Gasteiger partial charge in [-0.3, -0.25) is 4.79 Å². The van der Waals surface area contributed by atoms with E-state index in [-0.39, 0.29) is 42.5 Å². The second kappa shape index (κ2) is 16.8. The van der Waals surface area contributed by atoms with Crippen molar-refractivity contribution in [2.45, 2.75) is 88.0 Å². The van der Waals surface area contributed by atoms with Crippen LogP contribution in [0.15, 0.2) is 90.8 Å². The minimum absolute atomic E-state index is 0. The van der Waals surface area contributed by atoms with Gasteiger partial charge in [-0.25, -0.2) is 0 Å². The molecule has 0 saturated heterocycles. The molecule has 0 aliphatic rings. The number of nitrogens with zero attached hydrogens (tertiary/aromatic N) is 1. The molecule has 1 radical (unpaired) electrons. The molecule has 0 amide bonds. The number of hydrogen-bond donors (Lipinski definition) is 1. The number of ketones is 1. The SMILES string of the molecule is CCC(C)(CC)C(=O)/C=C(\O)C(C)(CC)CC.Cc1[c-]c(-c2nccc3c(C)c(-c4ccc(-c5ccccc5)cc4)sc23)cc(C)c1.[Ir]. The molecule has 0 aliphatic carbocycles. The van der Waals surface area contributed by atoms with E-state index in [0.29, 0.717) is 0 Å². The summed E-state index contributed by atoms with van der Waals surface area (Å²) in [6, 6.07) is 29.4. The zero-order valence-electron chi connectivity index (χ0n) is 30.0. The van der Waals surface area contributed by atoms with Crippen molar-refractivity contribution in [3.05, 3.63) is 114 Å². The first-order valence-electron chi connectivity index (χ1n) is 16.9. The van der Waals surface area contributed by atoms with Gasteiger partial charge in [-0.15, -0.1) is 46.2 Å². The Balaban J connectivity index is 0.000000301. The van der Waals surface area contributed by atoms with Crippen LogP contribution in [0.2, 0.25) is 0 Å². The van der Waals surface area contributed by atoms with Crippen LogP contribution in [-0.2, 0) is 24.9 Å². The van der Waals surface area contributed by atoms with E-state index >= 15 is 0 Å². The third kappa shape index (κ3) is 8.61. The number of rotatable bonds is 10. The molecule has 0 spiro atoms. The molecule has 48 heavy (non-hydrogen) atoms. The third-order valence-electron chi connectivity index (χ3n) is 10.1. The Morgan fingerprint density at radius 1 is 0.812 bits per heavy atom. The van der Waals surface area contributed by atoms with Crippen molar-refractivity contribution in [3.63, 3.8) is 0 Å². The number of aromatic nitrogens is 1. The summed E-state index contributed by atoms with van der Waals surface area (Å²) in [5.74, 6) is 0.286. The van der Waals surface area contributed by atoms with Gasteiger partial charge < -0.3 is 10.1 Å². The molecule has 0 unspecified atom stereocenters. The van der Waals surface area contributed by atoms with Crippen molar-refractivity contribution in [3.8, 4) is 32.8 Å². The number of carbonyl (C=O) groups is 1. The van der Waals surface area contributed by atoms with Gasteiger partial charge >= 0.3 is 0 Å². The van der Waals surface area contributed by atoms with Gasteiger partial charge in [0.05, 0.1) is 0 Å². The predicted molar refractivity (Wildman–Crippen MR) is 202 cm³/mol. The number of aryl methyl sites for hydroxylation is 3. The minimum Gasteiger partial charge on any atom is -0.512 e. The van der Waals surface area contributed by atoms with Gasteiger partial charge in [0.2, 0.25) is 0 Å². The molecule has 0 aliphatic heterocycles. The number of aliphatic hydroxyl groups is 1. The Bertz CT molecular complexity index is 1830. The molecule has 0 atom stereocenters. The van der Waals surface area contributed by atoms with Crippen molar-refractivity contribution >= 4 is 27.2 Å². The van der Waals surface area contributed by atoms with Gasteiger partial charge in [0.1, 0.15) is 5.76 Å². The summed E-state index contributed by atoms with van der Waals surface area (Å²) in [5, 5.41) is 11.4. The summed E-state index contributed by atoms with van der Waals surface area (Å²) in [5.41, 5.74) is 8.94. The molecular weight excluding hydrogens is 787 g/mol. The third-order valence-corrected chi connectivity index (χ3v) is 11.5. The normalized spacial score (nSPS) is 11.9. The van der Waals surface area contributed by atoms with Crippen molar-refractivity contribution < 1.29 is 30.0 Å². The molecule has 3 nitrogen and oxygen atoms in total. The number of thiophene rings is 1. The first kappa shape index (κ1) is 39.1. The average Bonchev–Trinajstić information content (AvgIpc) is 3.43. The van der Waals surface area contributed by atoms with Crippen molar-refractivity contribution in [2.24, 2.45) is 10.8 Å². The number of fused-ring (bicyclic) bond motifs is 1. The van der Waals surface area contributed by atoms with Gasteiger partial charge in [-0.05, 0) is 66.3 Å². The van der Waals surface area contributed by atoms with E-state index in [0.717, 1.165) is 42.5 Å². The van der Waals surface area contributed by atoms with Crippen LogP contribution in [0.1, 0.15) is 83.9 Å². The number of hydrogen-bond acceptors (Lipinski definition) is 4. The van der Waals surface area contributed by atoms with E-state index in [4.69, 9.17) is 4.98 Å². The van der Waals surface area contributed by atoms with Crippen molar-refractivity contribution in [2.75, 3.05) is 0 Å². The Labute approximate surface area is 305 Å². The largest absolute Gasteiger partial charge is 0.512 e. The summed E-state index contributed by atoms with van der Waals surface area (Å²) >= 11 is 1.83. The predicted octanol–water partition coefficient (Wildman–Crippen LogP) is 12.7. The quantitative estimate of drug-likeness (QED) is 0.0866. The average molecular weight is 837 g/mol. The molecule has 3 aromatic carbocycles. The maximum Gasteiger partial charge on any atom is 0.164 e. The number of aliphatic hydroxyl groups excluding tert-OH is 1. The second-order valence-electron chi connectivity index (χ2n) is 13.2. The van der Waals surface area contributed by atoms with Crippen LogP contribution < -0.4 is 0 Å². The van der Waals surface area contributed by atoms with E-state index in [1.165, 1.54) is 48.9 Å². The fourth-order valence-electron chi connectivity index (χ4n) is 5.77. The molecule has 5 aromatic rings. The van der Waals surface area contributed by atoms with Crippen LogP contribution in [0.4, 0.5) is 0 Å². The topological polar surface area (TPSA) is 50.2 Å². The molecule has 5 rings (SSSR count). The smallest absolute Gasteiger partial charge is 0.164 e. The number of benzene rings is 3. The van der Waals surface area contributed by atoms with Crippen LogP contribution >= 0.6 is 11.3 Å².